The number of nitrogens with one attached hydrogen (secondary N) is 1. The van der Waals surface area contributed by atoms with Crippen molar-refractivity contribution in [2.75, 3.05) is 31.2 Å². The topological polar surface area (TPSA) is 55.4 Å². The zero-order chi connectivity index (χ0) is 7.95. The molecule has 0 saturated carbocycles. The van der Waals surface area contributed by atoms with Crippen LogP contribution in [0, 0.1) is 0 Å². The van der Waals surface area contributed by atoms with Crippen molar-refractivity contribution in [1.29, 1.82) is 0 Å². The van der Waals surface area contributed by atoms with Gasteiger partial charge in [-0.05, 0) is 0 Å². The van der Waals surface area contributed by atoms with Gasteiger partial charge in [-0.3, -0.25) is 0 Å². The number of sulfone groups is 1. The smallest absolute Gasteiger partial charge is 0.156 e. The number of ether oxygens (including phenoxy) is 1. The predicted molar refractivity (Wildman–Crippen MR) is 40.2 cm³/mol. The van der Waals surface area contributed by atoms with E-state index in [0.29, 0.717) is 13.2 Å². The molecule has 0 aromatic rings. The molecule has 0 atom stereocenters. The second-order valence-corrected chi connectivity index (χ2v) is 5.30. The van der Waals surface area contributed by atoms with Crippen molar-refractivity contribution >= 4 is 9.84 Å². The molecule has 2 fully saturated rings. The molecule has 11 heavy (non-hydrogen) atoms. The summed E-state index contributed by atoms with van der Waals surface area (Å²) >= 11 is 0. The van der Waals surface area contributed by atoms with Crippen LogP contribution in [0.1, 0.15) is 0 Å². The van der Waals surface area contributed by atoms with E-state index in [1.165, 1.54) is 0 Å². The molecule has 4 nitrogen and oxygen atoms in total. The fourth-order valence-corrected chi connectivity index (χ4v) is 3.54. The Kier molecular flexibility index (Phi) is 1.49. The summed E-state index contributed by atoms with van der Waals surface area (Å²) in [6, 6.07) is 0. The Morgan fingerprint density at radius 3 is 2.55 bits per heavy atom. The minimum absolute atomic E-state index is 0.201. The van der Waals surface area contributed by atoms with Crippen LogP contribution in [0.4, 0.5) is 0 Å². The molecule has 0 aromatic heterocycles. The number of hydrogen-bond acceptors (Lipinski definition) is 4. The molecule has 0 radical (unpaired) electrons. The Hall–Kier alpha value is -0.130. The molecular formula is C6H11NO3S. The third-order valence-electron chi connectivity index (χ3n) is 2.10. The summed E-state index contributed by atoms with van der Waals surface area (Å²) in [4.78, 5) is 0. The van der Waals surface area contributed by atoms with E-state index in [0.717, 1.165) is 6.54 Å². The van der Waals surface area contributed by atoms with Crippen molar-refractivity contribution in [3.05, 3.63) is 0 Å². The van der Waals surface area contributed by atoms with Gasteiger partial charge in [0.1, 0.15) is 5.60 Å². The molecule has 1 spiro atoms. The van der Waals surface area contributed by atoms with Gasteiger partial charge in [-0.2, -0.15) is 0 Å². The Labute approximate surface area is 65.8 Å². The summed E-state index contributed by atoms with van der Waals surface area (Å²) < 4.78 is 27.1. The summed E-state index contributed by atoms with van der Waals surface area (Å²) in [5, 5.41) is 3.13. The molecule has 1 N–H and O–H groups in total. The van der Waals surface area contributed by atoms with Gasteiger partial charge in [0, 0.05) is 13.1 Å². The summed E-state index contributed by atoms with van der Waals surface area (Å²) in [5.41, 5.74) is -0.364. The van der Waals surface area contributed by atoms with Crippen LogP contribution < -0.4 is 5.32 Å². The minimum Gasteiger partial charge on any atom is -0.370 e. The summed E-state index contributed by atoms with van der Waals surface area (Å²) in [5.74, 6) is 0.403. The summed E-state index contributed by atoms with van der Waals surface area (Å²) in [6.45, 7) is 2.16. The molecule has 0 amide bonds. The van der Waals surface area contributed by atoms with Gasteiger partial charge < -0.3 is 10.1 Å². The first kappa shape index (κ1) is 7.52. The third kappa shape index (κ3) is 1.28. The lowest BCUT2D eigenvalue weighted by Gasteiger charge is -2.43. The van der Waals surface area contributed by atoms with Gasteiger partial charge >= 0.3 is 0 Å². The van der Waals surface area contributed by atoms with Crippen LogP contribution in [0.3, 0.4) is 0 Å². The monoisotopic (exact) mass is 177 g/mol. The fourth-order valence-electron chi connectivity index (χ4n) is 1.65. The molecule has 2 rings (SSSR count). The first-order chi connectivity index (χ1) is 5.12. The highest BCUT2D eigenvalue weighted by Crippen LogP contribution is 2.28. The van der Waals surface area contributed by atoms with E-state index in [4.69, 9.17) is 4.74 Å². The lowest BCUT2D eigenvalue weighted by molar-refractivity contribution is -0.0435. The van der Waals surface area contributed by atoms with Crippen molar-refractivity contribution in [3.8, 4) is 0 Å². The molecule has 64 valence electrons. The van der Waals surface area contributed by atoms with Gasteiger partial charge in [-0.1, -0.05) is 0 Å². The molecular weight excluding hydrogens is 166 g/mol. The van der Waals surface area contributed by atoms with Gasteiger partial charge in [0.15, 0.2) is 9.84 Å². The van der Waals surface area contributed by atoms with Crippen LogP contribution in [0.15, 0.2) is 0 Å². The van der Waals surface area contributed by atoms with Crippen molar-refractivity contribution in [2.45, 2.75) is 5.60 Å². The van der Waals surface area contributed by atoms with Gasteiger partial charge in [0.25, 0.3) is 0 Å². The van der Waals surface area contributed by atoms with E-state index >= 15 is 0 Å². The van der Waals surface area contributed by atoms with E-state index in [1.807, 2.05) is 0 Å². The second-order valence-electron chi connectivity index (χ2n) is 3.24. The minimum atomic E-state index is -2.75. The Morgan fingerprint density at radius 1 is 1.36 bits per heavy atom. The Morgan fingerprint density at radius 2 is 2.09 bits per heavy atom. The molecule has 0 bridgehead atoms. The number of hydrogen-bond donors (Lipinski definition) is 1. The predicted octanol–water partition coefficient (Wildman–Crippen LogP) is -1.23. The third-order valence-corrected chi connectivity index (χ3v) is 4.03. The fraction of sp³-hybridized carbons (Fsp3) is 1.00. The van der Waals surface area contributed by atoms with Crippen LogP contribution in [-0.4, -0.2) is 45.2 Å². The van der Waals surface area contributed by atoms with Gasteiger partial charge in [-0.25, -0.2) is 8.42 Å². The van der Waals surface area contributed by atoms with Gasteiger partial charge in [0.2, 0.25) is 0 Å². The highest BCUT2D eigenvalue weighted by atomic mass is 32.2. The first-order valence-corrected chi connectivity index (χ1v) is 5.49. The standard InChI is InChI=1S/C6H11NO3S/c8-11(9)4-6(5-11)3-7-1-2-10-6/h7H,1-5H2. The van der Waals surface area contributed by atoms with Crippen LogP contribution in [0.25, 0.3) is 0 Å². The van der Waals surface area contributed by atoms with Gasteiger partial charge in [-0.15, -0.1) is 0 Å². The van der Waals surface area contributed by atoms with Crippen LogP contribution in [0.2, 0.25) is 0 Å². The van der Waals surface area contributed by atoms with Crippen LogP contribution in [-0.2, 0) is 14.6 Å². The average molecular weight is 177 g/mol. The summed E-state index contributed by atoms with van der Waals surface area (Å²) in [7, 11) is -2.75. The lowest BCUT2D eigenvalue weighted by Crippen LogP contribution is -2.64. The quantitative estimate of drug-likeness (QED) is 0.503. The van der Waals surface area contributed by atoms with Crippen molar-refractivity contribution in [1.82, 2.24) is 5.32 Å². The Bertz CT molecular complexity index is 239. The molecule has 2 heterocycles. The average Bonchev–Trinajstić information content (AvgIpc) is 1.85. The van der Waals surface area contributed by atoms with Crippen LogP contribution in [0.5, 0.6) is 0 Å². The summed E-state index contributed by atoms with van der Waals surface area (Å²) in [6.07, 6.45) is 0. The lowest BCUT2D eigenvalue weighted by atomic mass is 10.1. The maximum Gasteiger partial charge on any atom is 0.156 e. The van der Waals surface area contributed by atoms with E-state index in [-0.39, 0.29) is 17.1 Å². The zero-order valence-corrected chi connectivity index (χ0v) is 6.99. The maximum atomic E-state index is 10.9. The van der Waals surface area contributed by atoms with Crippen molar-refractivity contribution in [3.63, 3.8) is 0 Å². The molecule has 2 saturated heterocycles. The SMILES string of the molecule is O=S1(=O)CC2(CNCCO2)C1. The largest absolute Gasteiger partial charge is 0.370 e. The van der Waals surface area contributed by atoms with E-state index in [9.17, 15) is 8.42 Å². The van der Waals surface area contributed by atoms with E-state index in [1.54, 1.807) is 0 Å². The van der Waals surface area contributed by atoms with E-state index in [2.05, 4.69) is 5.32 Å². The molecule has 0 aromatic carbocycles. The first-order valence-electron chi connectivity index (χ1n) is 3.67. The molecule has 0 aliphatic carbocycles. The molecule has 2 aliphatic heterocycles. The molecule has 5 heteroatoms. The second kappa shape index (κ2) is 2.18. The molecule has 0 unspecified atom stereocenters. The van der Waals surface area contributed by atoms with Crippen molar-refractivity contribution < 1.29 is 13.2 Å². The highest BCUT2D eigenvalue weighted by molar-refractivity contribution is 7.93. The normalized spacial score (nSPS) is 33.1. The Balaban J connectivity index is 2.05. The zero-order valence-electron chi connectivity index (χ0n) is 6.17. The van der Waals surface area contributed by atoms with Crippen molar-refractivity contribution in [2.24, 2.45) is 0 Å². The van der Waals surface area contributed by atoms with E-state index < -0.39 is 9.84 Å². The number of rotatable bonds is 0. The highest BCUT2D eigenvalue weighted by Gasteiger charge is 2.50. The number of morpholine rings is 1. The maximum absolute atomic E-state index is 10.9. The van der Waals surface area contributed by atoms with Crippen LogP contribution >= 0.6 is 0 Å². The molecule has 2 aliphatic rings. The van der Waals surface area contributed by atoms with Gasteiger partial charge in [0.05, 0.1) is 18.1 Å².